The number of phenolic OH excluding ortho intramolecular Hbond substituents is 1. The van der Waals surface area contributed by atoms with Crippen molar-refractivity contribution in [2.45, 2.75) is 129 Å². The number of rotatable bonds is 2. The second-order valence-electron chi connectivity index (χ2n) is 16.8. The summed E-state index contributed by atoms with van der Waals surface area (Å²) in [5.74, 6) is 4.10. The molecule has 0 spiro atoms. The first kappa shape index (κ1) is 32.8. The molecule has 2 N–H and O–H groups in total. The van der Waals surface area contributed by atoms with Crippen LogP contribution in [0.15, 0.2) is 41.5 Å². The van der Waals surface area contributed by atoms with Gasteiger partial charge in [-0.1, -0.05) is 31.6 Å². The first-order valence-electron chi connectivity index (χ1n) is 18.4. The maximum Gasteiger partial charge on any atom is 0.303 e. The molecule has 4 fully saturated rings. The lowest BCUT2D eigenvalue weighted by molar-refractivity contribution is -0.184. The molecule has 6 nitrogen and oxygen atoms in total. The summed E-state index contributed by atoms with van der Waals surface area (Å²) in [4.78, 5) is 36.5. The van der Waals surface area contributed by atoms with E-state index in [0.29, 0.717) is 54.1 Å². The van der Waals surface area contributed by atoms with Gasteiger partial charge in [0.2, 0.25) is 0 Å². The first-order valence-corrected chi connectivity index (χ1v) is 18.4. The Labute approximate surface area is 280 Å². The summed E-state index contributed by atoms with van der Waals surface area (Å²) in [5.41, 5.74) is 4.17. The zero-order valence-electron chi connectivity index (χ0n) is 29.0. The number of aliphatic hydroxyl groups is 1. The van der Waals surface area contributed by atoms with Gasteiger partial charge in [0, 0.05) is 18.8 Å². The zero-order valence-corrected chi connectivity index (χ0v) is 29.0. The molecule has 0 amide bonds. The van der Waals surface area contributed by atoms with Gasteiger partial charge in [-0.15, -0.1) is 0 Å². The topological polar surface area (TPSA) is 101 Å². The quantitative estimate of drug-likeness (QED) is 0.320. The van der Waals surface area contributed by atoms with Crippen molar-refractivity contribution < 1.29 is 29.3 Å². The van der Waals surface area contributed by atoms with Crippen molar-refractivity contribution in [1.82, 2.24) is 0 Å². The highest BCUT2D eigenvalue weighted by Crippen LogP contribution is 2.66. The molecular weight excluding hydrogens is 588 g/mol. The van der Waals surface area contributed by atoms with Gasteiger partial charge in [0.25, 0.3) is 0 Å². The molecule has 6 heteroatoms. The van der Waals surface area contributed by atoms with Crippen LogP contribution in [0.3, 0.4) is 0 Å². The van der Waals surface area contributed by atoms with Crippen LogP contribution in [-0.2, 0) is 25.5 Å². The Morgan fingerprint density at radius 2 is 1.66 bits per heavy atom. The van der Waals surface area contributed by atoms with Gasteiger partial charge in [0.1, 0.15) is 5.75 Å². The maximum atomic E-state index is 12.7. The van der Waals surface area contributed by atoms with Gasteiger partial charge in [0.15, 0.2) is 17.2 Å². The Kier molecular flexibility index (Phi) is 8.17. The van der Waals surface area contributed by atoms with Crippen molar-refractivity contribution in [3.8, 4) is 5.75 Å². The summed E-state index contributed by atoms with van der Waals surface area (Å²) < 4.78 is 5.79. The lowest BCUT2D eigenvalue weighted by atomic mass is 9.51. The minimum Gasteiger partial charge on any atom is -0.508 e. The van der Waals surface area contributed by atoms with E-state index in [9.17, 15) is 24.6 Å². The molecule has 11 atom stereocenters. The minimum atomic E-state index is -0.977. The number of carbonyl (C=O) groups is 3. The number of allylic oxidation sites excluding steroid dienone is 4. The van der Waals surface area contributed by atoms with Gasteiger partial charge in [-0.2, -0.15) is 0 Å². The van der Waals surface area contributed by atoms with E-state index in [1.54, 1.807) is 6.92 Å². The number of aryl methyl sites for hydroxylation is 1. The van der Waals surface area contributed by atoms with Crippen LogP contribution in [0, 0.1) is 46.3 Å². The molecule has 0 bridgehead atoms. The number of carbonyl (C=O) groups excluding carboxylic acids is 3. The van der Waals surface area contributed by atoms with Crippen LogP contribution in [0.2, 0.25) is 0 Å². The van der Waals surface area contributed by atoms with Crippen molar-refractivity contribution in [1.29, 1.82) is 0 Å². The number of ether oxygens (including phenoxy) is 1. The van der Waals surface area contributed by atoms with E-state index in [0.717, 1.165) is 50.9 Å². The van der Waals surface area contributed by atoms with Crippen LogP contribution < -0.4 is 0 Å². The van der Waals surface area contributed by atoms with Crippen LogP contribution in [-0.4, -0.2) is 39.5 Å². The van der Waals surface area contributed by atoms with Crippen molar-refractivity contribution in [2.75, 3.05) is 0 Å². The Bertz CT molecular complexity index is 1540. The molecule has 7 aliphatic carbocycles. The average Bonchev–Trinajstić information content (AvgIpc) is 3.50. The smallest absolute Gasteiger partial charge is 0.303 e. The SMILES string of the molecule is CC(=O)O[C@]1(C(C)=O)CC[C@H]2[C@@H]3C=C(C)C4=CC(=O)CC[C@@H]4[C@H]3CC[C@@]21C.C[C@]12CC[C@@H]3c4ccc(O)cc4CC[C@H]3[C@@H]1CC[C@@H]2O. The molecular formula is C41H54O6. The van der Waals surface area contributed by atoms with Crippen LogP contribution in [0.1, 0.15) is 122 Å². The fraction of sp³-hybridized carbons (Fsp3) is 0.683. The third kappa shape index (κ3) is 5.01. The molecule has 8 rings (SSSR count). The third-order valence-electron chi connectivity index (χ3n) is 14.9. The Hall–Kier alpha value is -2.73. The van der Waals surface area contributed by atoms with Crippen molar-refractivity contribution in [3.63, 3.8) is 0 Å². The van der Waals surface area contributed by atoms with Crippen molar-refractivity contribution in [3.05, 3.63) is 52.6 Å². The predicted octanol–water partition coefficient (Wildman–Crippen LogP) is 7.79. The predicted molar refractivity (Wildman–Crippen MR) is 181 cm³/mol. The normalized spacial score (nSPS) is 42.9. The second-order valence-corrected chi connectivity index (χ2v) is 16.8. The highest BCUT2D eigenvalue weighted by atomic mass is 16.6. The zero-order chi connectivity index (χ0) is 33.5. The molecule has 4 saturated carbocycles. The number of hydrogen-bond acceptors (Lipinski definition) is 6. The van der Waals surface area contributed by atoms with E-state index >= 15 is 0 Å². The summed E-state index contributed by atoms with van der Waals surface area (Å²) >= 11 is 0. The van der Waals surface area contributed by atoms with Crippen LogP contribution in [0.5, 0.6) is 5.75 Å². The molecule has 0 heterocycles. The summed E-state index contributed by atoms with van der Waals surface area (Å²) in [6, 6.07) is 5.96. The third-order valence-corrected chi connectivity index (χ3v) is 14.9. The fourth-order valence-corrected chi connectivity index (χ4v) is 12.6. The summed E-state index contributed by atoms with van der Waals surface area (Å²) in [5, 5.41) is 20.0. The molecule has 0 aromatic heterocycles. The van der Waals surface area contributed by atoms with E-state index < -0.39 is 5.60 Å². The number of esters is 1. The van der Waals surface area contributed by atoms with Gasteiger partial charge < -0.3 is 14.9 Å². The van der Waals surface area contributed by atoms with E-state index in [2.05, 4.69) is 32.9 Å². The average molecular weight is 643 g/mol. The Balaban J connectivity index is 0.000000156. The molecule has 7 aliphatic rings. The van der Waals surface area contributed by atoms with Crippen LogP contribution >= 0.6 is 0 Å². The Morgan fingerprint density at radius 1 is 0.872 bits per heavy atom. The standard InChI is InChI=1S/C23H30O4.C18H24O2/c1-13-11-20-18(17-6-5-16(26)12-19(13)17)7-9-22(4)21(20)8-10-23(22,14(2)24)27-15(3)25;1-18-9-8-14-13-5-3-12(19)10-11(13)2-4-15(14)16(18)6-7-17(18)20/h11-12,17-18,20-21H,5-10H2,1-4H3;3,5,10,14-17,19-20H,2,4,6-9H2,1H3/t17-,18-,20-,21+,22+,23+;14-,15-,16+,17+,18+/m11/s1. The largest absolute Gasteiger partial charge is 0.508 e. The van der Waals surface area contributed by atoms with Crippen molar-refractivity contribution in [2.24, 2.45) is 46.3 Å². The van der Waals surface area contributed by atoms with E-state index in [-0.39, 0.29) is 34.5 Å². The van der Waals surface area contributed by atoms with Gasteiger partial charge in [0.05, 0.1) is 6.10 Å². The van der Waals surface area contributed by atoms with E-state index in [1.165, 1.54) is 48.5 Å². The highest BCUT2D eigenvalue weighted by Gasteiger charge is 2.66. The molecule has 1 aromatic rings. The van der Waals surface area contributed by atoms with Gasteiger partial charge in [-0.25, -0.2) is 0 Å². The maximum absolute atomic E-state index is 12.7. The molecule has 254 valence electrons. The lowest BCUT2D eigenvalue weighted by Gasteiger charge is -2.54. The molecule has 0 aliphatic heterocycles. The number of aromatic hydroxyl groups is 1. The summed E-state index contributed by atoms with van der Waals surface area (Å²) in [6.45, 7) is 9.60. The first-order chi connectivity index (χ1) is 22.3. The molecule has 0 unspecified atom stereocenters. The number of Topliss-reactive ketones (excluding diaryl/α,β-unsaturated/α-hetero) is 1. The minimum absolute atomic E-state index is 0.0125. The van der Waals surface area contributed by atoms with Crippen molar-refractivity contribution >= 4 is 17.5 Å². The van der Waals surface area contributed by atoms with Crippen LogP contribution in [0.25, 0.3) is 0 Å². The highest BCUT2D eigenvalue weighted by molar-refractivity contribution is 5.92. The number of fused-ring (bicyclic) bond motifs is 10. The van der Waals surface area contributed by atoms with Gasteiger partial charge in [-0.05, 0) is 166 Å². The number of aliphatic hydroxyl groups excluding tert-OH is 1. The lowest BCUT2D eigenvalue weighted by Crippen LogP contribution is -2.57. The van der Waals surface area contributed by atoms with E-state index in [4.69, 9.17) is 4.74 Å². The number of ketones is 2. The second kappa shape index (κ2) is 11.7. The molecule has 0 saturated heterocycles. The summed E-state index contributed by atoms with van der Waals surface area (Å²) in [6.07, 6.45) is 16.1. The number of hydrogen-bond donors (Lipinski definition) is 2. The fourth-order valence-electron chi connectivity index (χ4n) is 12.6. The molecule has 1 aromatic carbocycles. The number of phenols is 1. The Morgan fingerprint density at radius 3 is 2.40 bits per heavy atom. The van der Waals surface area contributed by atoms with Gasteiger partial charge >= 0.3 is 5.97 Å². The van der Waals surface area contributed by atoms with E-state index in [1.807, 2.05) is 18.2 Å². The monoisotopic (exact) mass is 642 g/mol. The van der Waals surface area contributed by atoms with Gasteiger partial charge in [-0.3, -0.25) is 14.4 Å². The molecule has 47 heavy (non-hydrogen) atoms. The number of benzene rings is 1. The molecule has 0 radical (unpaired) electrons. The van der Waals surface area contributed by atoms with Crippen LogP contribution in [0.4, 0.5) is 0 Å². The summed E-state index contributed by atoms with van der Waals surface area (Å²) in [7, 11) is 0.